The Bertz CT molecular complexity index is 403. The summed E-state index contributed by atoms with van der Waals surface area (Å²) in [7, 11) is -2.92. The molecular weight excluding hydrogens is 266 g/mol. The second-order valence-electron chi connectivity index (χ2n) is 6.11. The van der Waals surface area contributed by atoms with Gasteiger partial charge in [-0.1, -0.05) is 6.92 Å². The van der Waals surface area contributed by atoms with E-state index in [1.807, 2.05) is 20.8 Å². The van der Waals surface area contributed by atoms with Crippen LogP contribution >= 0.6 is 0 Å². The number of nitrogens with zero attached hydrogens (tertiary/aromatic N) is 1. The first-order chi connectivity index (χ1) is 8.63. The number of hydrogen-bond donors (Lipinski definition) is 0. The number of hydrogen-bond acceptors (Lipinski definition) is 4. The summed E-state index contributed by atoms with van der Waals surface area (Å²) in [6, 6.07) is 0. The number of piperidine rings is 1. The second-order valence-corrected chi connectivity index (χ2v) is 8.51. The molecule has 1 heterocycles. The summed E-state index contributed by atoms with van der Waals surface area (Å²) in [6.45, 7) is 8.35. The van der Waals surface area contributed by atoms with Gasteiger partial charge in [0.25, 0.3) is 0 Å². The van der Waals surface area contributed by atoms with Gasteiger partial charge in [0.05, 0.1) is 5.75 Å². The van der Waals surface area contributed by atoms with Crippen molar-refractivity contribution in [3.8, 4) is 0 Å². The summed E-state index contributed by atoms with van der Waals surface area (Å²) in [4.78, 5) is 13.5. The number of rotatable bonds is 3. The van der Waals surface area contributed by atoms with Crippen LogP contribution in [-0.2, 0) is 14.6 Å². The molecule has 0 aromatic carbocycles. The van der Waals surface area contributed by atoms with Gasteiger partial charge >= 0.3 is 6.09 Å². The van der Waals surface area contributed by atoms with Crippen molar-refractivity contribution in [2.75, 3.05) is 24.6 Å². The van der Waals surface area contributed by atoms with Crippen molar-refractivity contribution in [1.29, 1.82) is 0 Å². The van der Waals surface area contributed by atoms with Gasteiger partial charge in [-0.05, 0) is 39.5 Å². The van der Waals surface area contributed by atoms with Crippen molar-refractivity contribution in [2.45, 2.75) is 46.1 Å². The molecule has 1 rings (SSSR count). The highest BCUT2D eigenvalue weighted by Gasteiger charge is 2.28. The smallest absolute Gasteiger partial charge is 0.410 e. The van der Waals surface area contributed by atoms with Crippen molar-refractivity contribution in [3.63, 3.8) is 0 Å². The highest BCUT2D eigenvalue weighted by atomic mass is 32.2. The quantitative estimate of drug-likeness (QED) is 0.798. The standard InChI is InChI=1S/C13H25NO4S/c1-5-19(16,17)10-11-6-8-14(9-7-11)12(15)18-13(2,3)4/h11H,5-10H2,1-4H3. The number of ether oxygens (including phenoxy) is 1. The molecule has 1 aliphatic heterocycles. The molecule has 0 saturated carbocycles. The van der Waals surface area contributed by atoms with E-state index >= 15 is 0 Å². The molecule has 0 bridgehead atoms. The molecule has 5 nitrogen and oxygen atoms in total. The van der Waals surface area contributed by atoms with Gasteiger partial charge < -0.3 is 9.64 Å². The number of amides is 1. The van der Waals surface area contributed by atoms with Crippen molar-refractivity contribution >= 4 is 15.9 Å². The van der Waals surface area contributed by atoms with Crippen LogP contribution < -0.4 is 0 Å². The fraction of sp³-hybridized carbons (Fsp3) is 0.923. The van der Waals surface area contributed by atoms with Gasteiger partial charge in [-0.25, -0.2) is 13.2 Å². The third kappa shape index (κ3) is 5.80. The van der Waals surface area contributed by atoms with E-state index in [9.17, 15) is 13.2 Å². The predicted octanol–water partition coefficient (Wildman–Crippen LogP) is 2.07. The first-order valence-electron chi connectivity index (χ1n) is 6.81. The van der Waals surface area contributed by atoms with E-state index in [2.05, 4.69) is 0 Å². The maximum absolute atomic E-state index is 11.8. The number of likely N-dealkylation sites (tertiary alicyclic amines) is 1. The van der Waals surface area contributed by atoms with Gasteiger partial charge in [0.1, 0.15) is 15.4 Å². The maximum atomic E-state index is 11.8. The summed E-state index contributed by atoms with van der Waals surface area (Å²) in [5, 5.41) is 0. The molecule has 0 radical (unpaired) electrons. The molecule has 0 atom stereocenters. The largest absolute Gasteiger partial charge is 0.444 e. The van der Waals surface area contributed by atoms with Gasteiger partial charge in [0.2, 0.25) is 0 Å². The molecule has 6 heteroatoms. The van der Waals surface area contributed by atoms with Gasteiger partial charge in [-0.15, -0.1) is 0 Å². The van der Waals surface area contributed by atoms with Crippen LogP contribution in [0.3, 0.4) is 0 Å². The molecular formula is C13H25NO4S. The molecule has 1 aliphatic rings. The SMILES string of the molecule is CCS(=O)(=O)CC1CCN(C(=O)OC(C)(C)C)CC1. The van der Waals surface area contributed by atoms with Crippen molar-refractivity contribution in [3.05, 3.63) is 0 Å². The van der Waals surface area contributed by atoms with Crippen LogP contribution in [0, 0.1) is 5.92 Å². The van der Waals surface area contributed by atoms with Crippen LogP contribution in [0.1, 0.15) is 40.5 Å². The van der Waals surface area contributed by atoms with Crippen molar-refractivity contribution in [2.24, 2.45) is 5.92 Å². The van der Waals surface area contributed by atoms with E-state index in [1.165, 1.54) is 0 Å². The molecule has 0 spiro atoms. The Balaban J connectivity index is 2.43. The average Bonchev–Trinajstić information content (AvgIpc) is 2.27. The zero-order valence-electron chi connectivity index (χ0n) is 12.3. The summed E-state index contributed by atoms with van der Waals surface area (Å²) in [5.74, 6) is 0.605. The fourth-order valence-electron chi connectivity index (χ4n) is 2.09. The molecule has 1 amide bonds. The van der Waals surface area contributed by atoms with E-state index in [4.69, 9.17) is 4.74 Å². The van der Waals surface area contributed by atoms with Crippen molar-refractivity contribution < 1.29 is 17.9 Å². The average molecular weight is 291 g/mol. The molecule has 1 fully saturated rings. The monoisotopic (exact) mass is 291 g/mol. The summed E-state index contributed by atoms with van der Waals surface area (Å²) in [6.07, 6.45) is 1.17. The number of sulfone groups is 1. The lowest BCUT2D eigenvalue weighted by Gasteiger charge is -2.33. The minimum absolute atomic E-state index is 0.170. The van der Waals surface area contributed by atoms with Crippen LogP contribution in [0.15, 0.2) is 0 Å². The minimum atomic E-state index is -2.92. The highest BCUT2D eigenvalue weighted by Crippen LogP contribution is 2.21. The second kappa shape index (κ2) is 6.11. The molecule has 1 saturated heterocycles. The van der Waals surface area contributed by atoms with Gasteiger partial charge in [0, 0.05) is 18.8 Å². The Kier molecular flexibility index (Phi) is 5.24. The molecule has 19 heavy (non-hydrogen) atoms. The normalized spacial score (nSPS) is 18.4. The van der Waals surface area contributed by atoms with E-state index in [1.54, 1.807) is 11.8 Å². The highest BCUT2D eigenvalue weighted by molar-refractivity contribution is 7.91. The maximum Gasteiger partial charge on any atom is 0.410 e. The molecule has 0 N–H and O–H groups in total. The summed E-state index contributed by atoms with van der Waals surface area (Å²) >= 11 is 0. The Morgan fingerprint density at radius 2 is 1.79 bits per heavy atom. The predicted molar refractivity (Wildman–Crippen MR) is 74.9 cm³/mol. The molecule has 0 aromatic rings. The first kappa shape index (κ1) is 16.3. The van der Waals surface area contributed by atoms with Crippen LogP contribution in [0.2, 0.25) is 0 Å². The third-order valence-electron chi connectivity index (χ3n) is 3.20. The third-order valence-corrected chi connectivity index (χ3v) is 5.05. The van der Waals surface area contributed by atoms with E-state index in [0.29, 0.717) is 13.1 Å². The van der Waals surface area contributed by atoms with Crippen LogP contribution in [0.5, 0.6) is 0 Å². The van der Waals surface area contributed by atoms with Gasteiger partial charge in [0.15, 0.2) is 0 Å². The van der Waals surface area contributed by atoms with Crippen LogP contribution in [-0.4, -0.2) is 49.6 Å². The summed E-state index contributed by atoms with van der Waals surface area (Å²) < 4.78 is 28.4. The Labute approximate surface area is 116 Å². The zero-order valence-corrected chi connectivity index (χ0v) is 13.1. The number of carbonyl (C=O) groups excluding carboxylic acids is 1. The zero-order chi connectivity index (χ0) is 14.7. The Morgan fingerprint density at radius 3 is 2.21 bits per heavy atom. The lowest BCUT2D eigenvalue weighted by Crippen LogP contribution is -2.42. The minimum Gasteiger partial charge on any atom is -0.444 e. The molecule has 0 aliphatic carbocycles. The molecule has 0 aromatic heterocycles. The lowest BCUT2D eigenvalue weighted by atomic mass is 9.99. The van der Waals surface area contributed by atoms with Gasteiger partial charge in [-0.3, -0.25) is 0 Å². The molecule has 112 valence electrons. The van der Waals surface area contributed by atoms with Gasteiger partial charge in [-0.2, -0.15) is 0 Å². The fourth-order valence-corrected chi connectivity index (χ4v) is 3.37. The topological polar surface area (TPSA) is 63.7 Å². The lowest BCUT2D eigenvalue weighted by molar-refractivity contribution is 0.0191. The van der Waals surface area contributed by atoms with E-state index in [0.717, 1.165) is 12.8 Å². The summed E-state index contributed by atoms with van der Waals surface area (Å²) in [5.41, 5.74) is -0.487. The first-order valence-corrected chi connectivity index (χ1v) is 8.63. The van der Waals surface area contributed by atoms with E-state index in [-0.39, 0.29) is 23.5 Å². The van der Waals surface area contributed by atoms with E-state index < -0.39 is 15.4 Å². The Morgan fingerprint density at radius 1 is 1.26 bits per heavy atom. The number of carbonyl (C=O) groups is 1. The Hall–Kier alpha value is -0.780. The van der Waals surface area contributed by atoms with Crippen LogP contribution in [0.4, 0.5) is 4.79 Å². The van der Waals surface area contributed by atoms with Crippen molar-refractivity contribution in [1.82, 2.24) is 4.90 Å². The molecule has 0 unspecified atom stereocenters. The van der Waals surface area contributed by atoms with Crippen LogP contribution in [0.25, 0.3) is 0 Å².